The average molecular weight is 476 g/mol. The third-order valence-electron chi connectivity index (χ3n) is 5.65. The van der Waals surface area contributed by atoms with Gasteiger partial charge in [-0.1, -0.05) is 69.0 Å². The van der Waals surface area contributed by atoms with E-state index in [1.165, 1.54) is 25.7 Å². The van der Waals surface area contributed by atoms with Gasteiger partial charge in [-0.3, -0.25) is 9.59 Å². The molecule has 7 nitrogen and oxygen atoms in total. The van der Waals surface area contributed by atoms with E-state index < -0.39 is 5.97 Å². The summed E-state index contributed by atoms with van der Waals surface area (Å²) in [5.41, 5.74) is 3.84. The Morgan fingerprint density at radius 3 is 2.17 bits per heavy atom. The molecule has 3 aromatic rings. The third-order valence-corrected chi connectivity index (χ3v) is 5.65. The Labute approximate surface area is 206 Å². The minimum atomic E-state index is -1.05. The summed E-state index contributed by atoms with van der Waals surface area (Å²) in [7, 11) is 0. The summed E-state index contributed by atoms with van der Waals surface area (Å²) in [6.07, 6.45) is 10.5. The molecule has 7 heteroatoms. The largest absolute Gasteiger partial charge is 0.494 e. The number of nitrogens with zero attached hydrogens (tertiary/aromatic N) is 2. The van der Waals surface area contributed by atoms with Crippen LogP contribution in [0.3, 0.4) is 0 Å². The van der Waals surface area contributed by atoms with E-state index in [0.717, 1.165) is 41.0 Å². The van der Waals surface area contributed by atoms with E-state index in [4.69, 9.17) is 9.84 Å². The van der Waals surface area contributed by atoms with E-state index in [2.05, 4.69) is 22.2 Å². The molecule has 2 aromatic carbocycles. The van der Waals surface area contributed by atoms with E-state index in [9.17, 15) is 9.59 Å². The van der Waals surface area contributed by atoms with Crippen molar-refractivity contribution in [3.63, 3.8) is 0 Å². The predicted octanol–water partition coefficient (Wildman–Crippen LogP) is 5.29. The number of aliphatic carboxylic acids is 1. The lowest BCUT2D eigenvalue weighted by Gasteiger charge is -2.08. The van der Waals surface area contributed by atoms with Crippen LogP contribution in [0.15, 0.2) is 60.9 Å². The number of carboxylic acids is 1. The number of carbonyl (C=O) groups excluding carboxylic acids is 1. The van der Waals surface area contributed by atoms with Gasteiger partial charge in [0.15, 0.2) is 5.82 Å². The highest BCUT2D eigenvalue weighted by Crippen LogP contribution is 2.23. The molecule has 1 amide bonds. The minimum absolute atomic E-state index is 0.237. The number of nitrogens with one attached hydrogen (secondary N) is 1. The maximum Gasteiger partial charge on any atom is 0.322 e. The Morgan fingerprint density at radius 2 is 1.51 bits per heavy atom. The monoisotopic (exact) mass is 475 g/mol. The predicted molar refractivity (Wildman–Crippen MR) is 136 cm³/mol. The van der Waals surface area contributed by atoms with Gasteiger partial charge in [0, 0.05) is 29.9 Å². The van der Waals surface area contributed by atoms with Crippen LogP contribution in [0.1, 0.15) is 51.0 Å². The molecule has 3 rings (SSSR count). The first-order valence-corrected chi connectivity index (χ1v) is 12.2. The first-order chi connectivity index (χ1) is 17.0. The number of carboxylic acid groups (broad SMARTS) is 1. The van der Waals surface area contributed by atoms with Gasteiger partial charge in [0.25, 0.3) is 0 Å². The normalized spacial score (nSPS) is 10.7. The molecule has 1 aromatic heterocycles. The lowest BCUT2D eigenvalue weighted by molar-refractivity contribution is -0.137. The van der Waals surface area contributed by atoms with Crippen LogP contribution in [0, 0.1) is 0 Å². The first-order valence-electron chi connectivity index (χ1n) is 12.2. The second kappa shape index (κ2) is 13.8. The zero-order chi connectivity index (χ0) is 24.9. The number of aromatic nitrogens is 2. The summed E-state index contributed by atoms with van der Waals surface area (Å²) in [4.78, 5) is 31.2. The molecule has 184 valence electrons. The van der Waals surface area contributed by atoms with Crippen molar-refractivity contribution in [2.24, 2.45) is 0 Å². The molecule has 0 spiro atoms. The second-order valence-electron chi connectivity index (χ2n) is 8.45. The highest BCUT2D eigenvalue weighted by molar-refractivity contribution is 5.81. The number of ether oxygens (including phenoxy) is 1. The Balaban J connectivity index is 1.49. The Bertz CT molecular complexity index is 1060. The molecule has 0 radical (unpaired) electrons. The third kappa shape index (κ3) is 8.85. The van der Waals surface area contributed by atoms with Crippen LogP contribution in [0.2, 0.25) is 0 Å². The van der Waals surface area contributed by atoms with Gasteiger partial charge < -0.3 is 15.2 Å². The number of hydrogen-bond acceptors (Lipinski definition) is 5. The zero-order valence-corrected chi connectivity index (χ0v) is 20.2. The van der Waals surface area contributed by atoms with E-state index in [-0.39, 0.29) is 18.9 Å². The standard InChI is InChI=1S/C28H33N3O4/c1-2-3-4-5-6-17-35-25-14-12-22(13-15-25)24-18-30-28(31-19-24)23-10-7-21(8-11-23)9-16-26(32)29-20-27(33)34/h7-8,10-15,18-19H,2-6,9,16-17,20H2,1H3,(H,29,32)(H,33,34). The summed E-state index contributed by atoms with van der Waals surface area (Å²) in [6, 6.07) is 15.7. The molecule has 0 bridgehead atoms. The quantitative estimate of drug-likeness (QED) is 0.307. The van der Waals surface area contributed by atoms with E-state index >= 15 is 0 Å². The van der Waals surface area contributed by atoms with Crippen LogP contribution in [-0.4, -0.2) is 40.1 Å². The highest BCUT2D eigenvalue weighted by atomic mass is 16.5. The van der Waals surface area contributed by atoms with Crippen molar-refractivity contribution in [2.75, 3.05) is 13.2 Å². The molecule has 35 heavy (non-hydrogen) atoms. The number of aryl methyl sites for hydroxylation is 1. The van der Waals surface area contributed by atoms with Gasteiger partial charge in [-0.05, 0) is 36.1 Å². The lowest BCUT2D eigenvalue weighted by atomic mass is 10.1. The van der Waals surface area contributed by atoms with Crippen molar-refractivity contribution in [2.45, 2.75) is 51.9 Å². The van der Waals surface area contributed by atoms with E-state index in [1.54, 1.807) is 0 Å². The Kier molecular flexibility index (Phi) is 10.2. The average Bonchev–Trinajstić information content (AvgIpc) is 2.89. The van der Waals surface area contributed by atoms with Gasteiger partial charge in [-0.15, -0.1) is 0 Å². The van der Waals surface area contributed by atoms with Gasteiger partial charge in [0.05, 0.1) is 6.61 Å². The molecule has 0 saturated carbocycles. The van der Waals surface area contributed by atoms with Crippen LogP contribution in [0.4, 0.5) is 0 Å². The summed E-state index contributed by atoms with van der Waals surface area (Å²) in [5, 5.41) is 11.0. The fourth-order valence-electron chi connectivity index (χ4n) is 3.61. The smallest absolute Gasteiger partial charge is 0.322 e. The number of hydrogen-bond donors (Lipinski definition) is 2. The zero-order valence-electron chi connectivity index (χ0n) is 20.2. The summed E-state index contributed by atoms with van der Waals surface area (Å²) < 4.78 is 5.84. The molecule has 0 aliphatic rings. The maximum atomic E-state index is 11.7. The van der Waals surface area contributed by atoms with Crippen molar-refractivity contribution in [3.05, 3.63) is 66.5 Å². The molecular formula is C28H33N3O4. The molecular weight excluding hydrogens is 442 g/mol. The van der Waals surface area contributed by atoms with Gasteiger partial charge in [0.2, 0.25) is 5.91 Å². The van der Waals surface area contributed by atoms with E-state index in [1.807, 2.05) is 60.9 Å². The first kappa shape index (κ1) is 25.9. The number of amides is 1. The molecule has 0 aliphatic carbocycles. The molecule has 0 aliphatic heterocycles. The summed E-state index contributed by atoms with van der Waals surface area (Å²) in [5.74, 6) is 0.171. The van der Waals surface area contributed by atoms with Crippen LogP contribution < -0.4 is 10.1 Å². The van der Waals surface area contributed by atoms with Crippen molar-refractivity contribution in [3.8, 4) is 28.3 Å². The molecule has 1 heterocycles. The van der Waals surface area contributed by atoms with Crippen LogP contribution in [0.25, 0.3) is 22.5 Å². The molecule has 0 saturated heterocycles. The Morgan fingerprint density at radius 1 is 0.857 bits per heavy atom. The van der Waals surface area contributed by atoms with Crippen LogP contribution in [0.5, 0.6) is 5.75 Å². The fourth-order valence-corrected chi connectivity index (χ4v) is 3.61. The molecule has 2 N–H and O–H groups in total. The van der Waals surface area contributed by atoms with Crippen molar-refractivity contribution >= 4 is 11.9 Å². The fraction of sp³-hybridized carbons (Fsp3) is 0.357. The van der Waals surface area contributed by atoms with Gasteiger partial charge in [-0.2, -0.15) is 0 Å². The molecule has 0 fully saturated rings. The Hall–Kier alpha value is -3.74. The number of benzene rings is 2. The van der Waals surface area contributed by atoms with Crippen molar-refractivity contribution in [1.29, 1.82) is 0 Å². The van der Waals surface area contributed by atoms with Gasteiger partial charge in [0.1, 0.15) is 12.3 Å². The topological polar surface area (TPSA) is 101 Å². The van der Waals surface area contributed by atoms with E-state index in [0.29, 0.717) is 12.2 Å². The van der Waals surface area contributed by atoms with Crippen molar-refractivity contribution in [1.82, 2.24) is 15.3 Å². The lowest BCUT2D eigenvalue weighted by Crippen LogP contribution is -2.29. The maximum absolute atomic E-state index is 11.7. The number of rotatable bonds is 14. The van der Waals surface area contributed by atoms with Crippen LogP contribution >= 0.6 is 0 Å². The van der Waals surface area contributed by atoms with Gasteiger partial charge in [-0.25, -0.2) is 9.97 Å². The minimum Gasteiger partial charge on any atom is -0.494 e. The summed E-state index contributed by atoms with van der Waals surface area (Å²) in [6.45, 7) is 2.61. The molecule has 0 unspecified atom stereocenters. The highest BCUT2D eigenvalue weighted by Gasteiger charge is 2.07. The SMILES string of the molecule is CCCCCCCOc1ccc(-c2cnc(-c3ccc(CCC(=O)NCC(=O)O)cc3)nc2)cc1. The number of unbranched alkanes of at least 4 members (excludes halogenated alkanes) is 4. The van der Waals surface area contributed by atoms with Gasteiger partial charge >= 0.3 is 5.97 Å². The summed E-state index contributed by atoms with van der Waals surface area (Å²) >= 11 is 0. The van der Waals surface area contributed by atoms with Crippen LogP contribution in [-0.2, 0) is 16.0 Å². The molecule has 0 atom stereocenters. The van der Waals surface area contributed by atoms with Crippen molar-refractivity contribution < 1.29 is 19.4 Å². The number of carbonyl (C=O) groups is 2. The second-order valence-corrected chi connectivity index (χ2v) is 8.45.